The molecule has 0 radical (unpaired) electrons. The van der Waals surface area contributed by atoms with Crippen LogP contribution in [0.4, 0.5) is 0 Å². The summed E-state index contributed by atoms with van der Waals surface area (Å²) in [5.74, 6) is -0.00913. The van der Waals surface area contributed by atoms with E-state index in [1.807, 2.05) is 29.2 Å². The summed E-state index contributed by atoms with van der Waals surface area (Å²) in [6, 6.07) is 7.66. The lowest BCUT2D eigenvalue weighted by Gasteiger charge is -2.26. The number of benzene rings is 1. The Bertz CT molecular complexity index is 584. The SMILES string of the molecule is O=C(NCCc1cccc(Cl)c1)C1CC1C(=O)N1CCCCC1. The van der Waals surface area contributed by atoms with Crippen molar-refractivity contribution in [2.45, 2.75) is 32.1 Å². The van der Waals surface area contributed by atoms with Crippen molar-refractivity contribution in [3.05, 3.63) is 34.9 Å². The minimum atomic E-state index is -0.121. The zero-order valence-corrected chi connectivity index (χ0v) is 14.0. The molecule has 1 aromatic carbocycles. The molecule has 1 N–H and O–H groups in total. The Balaban J connectivity index is 1.40. The standard InChI is InChI=1S/C18H23ClN2O2/c19-14-6-4-5-13(11-14)7-8-20-17(22)15-12-16(15)18(23)21-9-2-1-3-10-21/h4-6,11,15-16H,1-3,7-10,12H2,(H,20,22). The molecule has 124 valence electrons. The number of nitrogens with zero attached hydrogens (tertiary/aromatic N) is 1. The van der Waals surface area contributed by atoms with Gasteiger partial charge in [-0.1, -0.05) is 23.7 Å². The summed E-state index contributed by atoms with van der Waals surface area (Å²) in [4.78, 5) is 26.4. The number of halogens is 1. The van der Waals surface area contributed by atoms with Crippen LogP contribution in [-0.2, 0) is 16.0 Å². The van der Waals surface area contributed by atoms with Crippen LogP contribution in [0.15, 0.2) is 24.3 Å². The van der Waals surface area contributed by atoms with Crippen molar-refractivity contribution in [3.63, 3.8) is 0 Å². The second kappa shape index (κ2) is 7.35. The highest BCUT2D eigenvalue weighted by atomic mass is 35.5. The van der Waals surface area contributed by atoms with Crippen molar-refractivity contribution in [3.8, 4) is 0 Å². The van der Waals surface area contributed by atoms with Gasteiger partial charge in [-0.05, 0) is 49.8 Å². The second-order valence-electron chi connectivity index (χ2n) is 6.51. The van der Waals surface area contributed by atoms with Crippen LogP contribution < -0.4 is 5.32 Å². The van der Waals surface area contributed by atoms with Crippen LogP contribution in [0.5, 0.6) is 0 Å². The van der Waals surface area contributed by atoms with Gasteiger partial charge in [0.2, 0.25) is 11.8 Å². The molecule has 2 fully saturated rings. The number of carbonyl (C=O) groups excluding carboxylic acids is 2. The van der Waals surface area contributed by atoms with Gasteiger partial charge in [-0.15, -0.1) is 0 Å². The number of hydrogen-bond acceptors (Lipinski definition) is 2. The molecule has 2 unspecified atom stereocenters. The summed E-state index contributed by atoms with van der Waals surface area (Å²) < 4.78 is 0. The summed E-state index contributed by atoms with van der Waals surface area (Å²) in [6.07, 6.45) is 4.86. The molecule has 3 rings (SSSR count). The Morgan fingerprint density at radius 1 is 1.17 bits per heavy atom. The highest BCUT2D eigenvalue weighted by molar-refractivity contribution is 6.30. The number of piperidine rings is 1. The molecule has 23 heavy (non-hydrogen) atoms. The van der Waals surface area contributed by atoms with Crippen molar-refractivity contribution in [1.29, 1.82) is 0 Å². The average Bonchev–Trinajstić information content (AvgIpc) is 3.36. The maximum absolute atomic E-state index is 12.3. The van der Waals surface area contributed by atoms with E-state index < -0.39 is 0 Å². The fourth-order valence-corrected chi connectivity index (χ4v) is 3.47. The number of likely N-dealkylation sites (tertiary alicyclic amines) is 1. The number of carbonyl (C=O) groups is 2. The van der Waals surface area contributed by atoms with Gasteiger partial charge >= 0.3 is 0 Å². The Morgan fingerprint density at radius 2 is 1.96 bits per heavy atom. The Morgan fingerprint density at radius 3 is 2.70 bits per heavy atom. The van der Waals surface area contributed by atoms with Crippen LogP contribution in [0.1, 0.15) is 31.2 Å². The highest BCUT2D eigenvalue weighted by Crippen LogP contribution is 2.40. The maximum atomic E-state index is 12.3. The van der Waals surface area contributed by atoms with Gasteiger partial charge in [0.25, 0.3) is 0 Å². The van der Waals surface area contributed by atoms with E-state index in [2.05, 4.69) is 5.32 Å². The predicted octanol–water partition coefficient (Wildman–Crippen LogP) is 2.65. The molecular formula is C18H23ClN2O2. The van der Waals surface area contributed by atoms with Crippen LogP contribution in [0.3, 0.4) is 0 Å². The van der Waals surface area contributed by atoms with E-state index in [4.69, 9.17) is 11.6 Å². The summed E-state index contributed by atoms with van der Waals surface area (Å²) in [6.45, 7) is 2.30. The van der Waals surface area contributed by atoms with Crippen molar-refractivity contribution in [1.82, 2.24) is 10.2 Å². The van der Waals surface area contributed by atoms with Gasteiger partial charge in [-0.2, -0.15) is 0 Å². The first-order valence-electron chi connectivity index (χ1n) is 8.46. The molecule has 2 atom stereocenters. The fraction of sp³-hybridized carbons (Fsp3) is 0.556. The molecule has 1 saturated carbocycles. The van der Waals surface area contributed by atoms with Crippen molar-refractivity contribution in [2.75, 3.05) is 19.6 Å². The van der Waals surface area contributed by atoms with Gasteiger partial charge < -0.3 is 10.2 Å². The molecule has 2 aliphatic rings. The fourth-order valence-electron chi connectivity index (χ4n) is 3.26. The van der Waals surface area contributed by atoms with E-state index in [9.17, 15) is 9.59 Å². The summed E-state index contributed by atoms with van der Waals surface area (Å²) in [5.41, 5.74) is 1.11. The van der Waals surface area contributed by atoms with E-state index in [-0.39, 0.29) is 23.7 Å². The molecule has 0 bridgehead atoms. The predicted molar refractivity (Wildman–Crippen MR) is 90.2 cm³/mol. The lowest BCUT2D eigenvalue weighted by atomic mass is 10.1. The van der Waals surface area contributed by atoms with Crippen LogP contribution in [0, 0.1) is 11.8 Å². The van der Waals surface area contributed by atoms with E-state index in [1.165, 1.54) is 6.42 Å². The molecule has 1 aliphatic carbocycles. The monoisotopic (exact) mass is 334 g/mol. The third kappa shape index (κ3) is 4.25. The van der Waals surface area contributed by atoms with E-state index in [0.717, 1.165) is 37.9 Å². The normalized spacial score (nSPS) is 23.4. The van der Waals surface area contributed by atoms with E-state index in [1.54, 1.807) is 0 Å². The molecule has 4 nitrogen and oxygen atoms in total. The largest absolute Gasteiger partial charge is 0.356 e. The number of rotatable bonds is 5. The van der Waals surface area contributed by atoms with Gasteiger partial charge in [0.15, 0.2) is 0 Å². The molecular weight excluding hydrogens is 312 g/mol. The van der Waals surface area contributed by atoms with E-state index in [0.29, 0.717) is 18.0 Å². The van der Waals surface area contributed by atoms with Crippen molar-refractivity contribution in [2.24, 2.45) is 11.8 Å². The topological polar surface area (TPSA) is 49.4 Å². The molecule has 0 aromatic heterocycles. The van der Waals surface area contributed by atoms with Crippen LogP contribution >= 0.6 is 11.6 Å². The summed E-state index contributed by atoms with van der Waals surface area (Å²) in [7, 11) is 0. The molecule has 1 aliphatic heterocycles. The highest BCUT2D eigenvalue weighted by Gasteiger charge is 2.49. The first-order valence-corrected chi connectivity index (χ1v) is 8.84. The zero-order valence-electron chi connectivity index (χ0n) is 13.3. The maximum Gasteiger partial charge on any atom is 0.226 e. The molecule has 0 spiro atoms. The summed E-state index contributed by atoms with van der Waals surface area (Å²) in [5, 5.41) is 3.66. The Hall–Kier alpha value is -1.55. The Kier molecular flexibility index (Phi) is 5.21. The molecule has 5 heteroatoms. The third-order valence-corrected chi connectivity index (χ3v) is 4.95. The molecule has 1 aromatic rings. The van der Waals surface area contributed by atoms with Crippen molar-refractivity contribution >= 4 is 23.4 Å². The van der Waals surface area contributed by atoms with Crippen LogP contribution in [-0.4, -0.2) is 36.3 Å². The van der Waals surface area contributed by atoms with Gasteiger partial charge in [-0.25, -0.2) is 0 Å². The number of nitrogens with one attached hydrogen (secondary N) is 1. The first kappa shape index (κ1) is 16.3. The van der Waals surface area contributed by atoms with Crippen molar-refractivity contribution < 1.29 is 9.59 Å². The second-order valence-corrected chi connectivity index (χ2v) is 6.94. The lowest BCUT2D eigenvalue weighted by molar-refractivity contribution is -0.135. The molecule has 1 saturated heterocycles. The third-order valence-electron chi connectivity index (χ3n) is 4.71. The first-order chi connectivity index (χ1) is 11.1. The van der Waals surface area contributed by atoms with Gasteiger partial charge in [0.1, 0.15) is 0 Å². The van der Waals surface area contributed by atoms with Crippen LogP contribution in [0.2, 0.25) is 5.02 Å². The minimum absolute atomic E-state index is 0.0161. The minimum Gasteiger partial charge on any atom is -0.356 e. The Labute approximate surface area is 142 Å². The van der Waals surface area contributed by atoms with Crippen LogP contribution in [0.25, 0.3) is 0 Å². The van der Waals surface area contributed by atoms with Gasteiger partial charge in [0.05, 0.1) is 11.8 Å². The van der Waals surface area contributed by atoms with Gasteiger partial charge in [-0.3, -0.25) is 9.59 Å². The quantitative estimate of drug-likeness (QED) is 0.900. The number of amides is 2. The molecule has 1 heterocycles. The molecule has 2 amide bonds. The smallest absolute Gasteiger partial charge is 0.226 e. The zero-order chi connectivity index (χ0) is 16.2. The van der Waals surface area contributed by atoms with E-state index >= 15 is 0 Å². The summed E-state index contributed by atoms with van der Waals surface area (Å²) >= 11 is 5.95. The average molecular weight is 335 g/mol. The lowest BCUT2D eigenvalue weighted by Crippen LogP contribution is -2.38. The number of hydrogen-bond donors (Lipinski definition) is 1. The van der Waals surface area contributed by atoms with Gasteiger partial charge in [0, 0.05) is 24.7 Å².